The van der Waals surface area contributed by atoms with Gasteiger partial charge in [-0.1, -0.05) is 0 Å². The zero-order valence-corrected chi connectivity index (χ0v) is 15.6. The SMILES string of the molecule is COc1ccc(-c2csc(NC(=O)CSc3ccc(F)c(F)c3)n2)cc1F. The summed E-state index contributed by atoms with van der Waals surface area (Å²) in [5.74, 6) is -2.59. The van der Waals surface area contributed by atoms with Crippen molar-refractivity contribution in [3.05, 3.63) is 59.2 Å². The monoisotopic (exact) mass is 410 g/mol. The molecule has 0 aliphatic carbocycles. The Morgan fingerprint density at radius 1 is 1.15 bits per heavy atom. The van der Waals surface area contributed by atoms with Gasteiger partial charge in [-0.15, -0.1) is 23.1 Å². The number of nitrogens with zero attached hydrogens (tertiary/aromatic N) is 1. The summed E-state index contributed by atoms with van der Waals surface area (Å²) in [6.45, 7) is 0. The maximum Gasteiger partial charge on any atom is 0.236 e. The number of benzene rings is 2. The van der Waals surface area contributed by atoms with E-state index in [0.717, 1.165) is 23.9 Å². The highest BCUT2D eigenvalue weighted by atomic mass is 32.2. The zero-order chi connectivity index (χ0) is 19.4. The van der Waals surface area contributed by atoms with Crippen molar-refractivity contribution in [3.63, 3.8) is 0 Å². The molecule has 27 heavy (non-hydrogen) atoms. The molecule has 0 radical (unpaired) electrons. The van der Waals surface area contributed by atoms with E-state index in [2.05, 4.69) is 10.3 Å². The Balaban J connectivity index is 1.60. The molecule has 0 fully saturated rings. The number of halogens is 3. The van der Waals surface area contributed by atoms with E-state index >= 15 is 0 Å². The van der Waals surface area contributed by atoms with Crippen LogP contribution in [-0.2, 0) is 4.79 Å². The summed E-state index contributed by atoms with van der Waals surface area (Å²) in [7, 11) is 1.38. The van der Waals surface area contributed by atoms with E-state index in [0.29, 0.717) is 21.3 Å². The van der Waals surface area contributed by atoms with Gasteiger partial charge in [0.15, 0.2) is 28.3 Å². The maximum absolute atomic E-state index is 13.8. The molecule has 2 aromatic carbocycles. The van der Waals surface area contributed by atoms with E-state index in [1.54, 1.807) is 11.4 Å². The first-order chi connectivity index (χ1) is 13.0. The van der Waals surface area contributed by atoms with Crippen LogP contribution in [0.5, 0.6) is 5.75 Å². The van der Waals surface area contributed by atoms with Gasteiger partial charge in [-0.3, -0.25) is 4.79 Å². The predicted molar refractivity (Wildman–Crippen MR) is 99.8 cm³/mol. The van der Waals surface area contributed by atoms with Crippen molar-refractivity contribution in [1.82, 2.24) is 4.98 Å². The lowest BCUT2D eigenvalue weighted by Crippen LogP contribution is -2.13. The lowest BCUT2D eigenvalue weighted by atomic mass is 10.1. The number of amides is 1. The van der Waals surface area contributed by atoms with Crippen molar-refractivity contribution in [2.45, 2.75) is 4.90 Å². The maximum atomic E-state index is 13.8. The van der Waals surface area contributed by atoms with Gasteiger partial charge in [-0.25, -0.2) is 18.2 Å². The summed E-state index contributed by atoms with van der Waals surface area (Å²) in [4.78, 5) is 16.7. The topological polar surface area (TPSA) is 51.2 Å². The smallest absolute Gasteiger partial charge is 0.236 e. The molecule has 0 spiro atoms. The molecule has 0 saturated heterocycles. The lowest BCUT2D eigenvalue weighted by Gasteiger charge is -2.04. The predicted octanol–water partition coefficient (Wildman–Crippen LogP) is 4.97. The standard InChI is InChI=1S/C18H13F3N2O2S2/c1-25-16-5-2-10(6-14(16)21)15-8-27-18(22-15)23-17(24)9-26-11-3-4-12(19)13(20)7-11/h2-8H,9H2,1H3,(H,22,23,24). The average Bonchev–Trinajstić information content (AvgIpc) is 3.11. The van der Waals surface area contributed by atoms with Gasteiger partial charge in [0.05, 0.1) is 18.6 Å². The Labute approximate surface area is 161 Å². The summed E-state index contributed by atoms with van der Waals surface area (Å²) in [6.07, 6.45) is 0. The fourth-order valence-electron chi connectivity index (χ4n) is 2.16. The van der Waals surface area contributed by atoms with Crippen LogP contribution in [-0.4, -0.2) is 23.8 Å². The van der Waals surface area contributed by atoms with Crippen LogP contribution in [0.25, 0.3) is 11.3 Å². The van der Waals surface area contributed by atoms with E-state index in [1.165, 1.54) is 36.6 Å². The van der Waals surface area contributed by atoms with Crippen LogP contribution in [0.4, 0.5) is 18.3 Å². The van der Waals surface area contributed by atoms with E-state index in [-0.39, 0.29) is 17.4 Å². The number of hydrogen-bond donors (Lipinski definition) is 1. The summed E-state index contributed by atoms with van der Waals surface area (Å²) < 4.78 is 44.7. The summed E-state index contributed by atoms with van der Waals surface area (Å²) >= 11 is 2.27. The normalized spacial score (nSPS) is 10.7. The summed E-state index contributed by atoms with van der Waals surface area (Å²) in [5, 5.41) is 4.68. The van der Waals surface area contributed by atoms with Gasteiger partial charge < -0.3 is 10.1 Å². The van der Waals surface area contributed by atoms with Crippen LogP contribution >= 0.6 is 23.1 Å². The lowest BCUT2D eigenvalue weighted by molar-refractivity contribution is -0.113. The molecular weight excluding hydrogens is 397 g/mol. The molecule has 3 rings (SSSR count). The highest BCUT2D eigenvalue weighted by molar-refractivity contribution is 8.00. The van der Waals surface area contributed by atoms with Gasteiger partial charge in [-0.05, 0) is 36.4 Å². The third kappa shape index (κ3) is 4.81. The third-order valence-corrected chi connectivity index (χ3v) is 5.21. The molecule has 0 aliphatic rings. The van der Waals surface area contributed by atoms with Gasteiger partial charge in [0, 0.05) is 15.8 Å². The highest BCUT2D eigenvalue weighted by Crippen LogP contribution is 2.28. The van der Waals surface area contributed by atoms with Crippen molar-refractivity contribution in [2.75, 3.05) is 18.2 Å². The minimum atomic E-state index is -0.961. The van der Waals surface area contributed by atoms with Crippen LogP contribution in [0.3, 0.4) is 0 Å². The molecule has 1 aromatic heterocycles. The molecule has 1 heterocycles. The Morgan fingerprint density at radius 3 is 2.67 bits per heavy atom. The first kappa shape index (κ1) is 19.2. The Morgan fingerprint density at radius 2 is 1.96 bits per heavy atom. The number of aromatic nitrogens is 1. The molecule has 1 N–H and O–H groups in total. The number of anilines is 1. The zero-order valence-electron chi connectivity index (χ0n) is 14.0. The number of hydrogen-bond acceptors (Lipinski definition) is 5. The number of methoxy groups -OCH3 is 1. The average molecular weight is 410 g/mol. The van der Waals surface area contributed by atoms with Gasteiger partial charge in [0.2, 0.25) is 5.91 Å². The molecular formula is C18H13F3N2O2S2. The molecule has 0 saturated carbocycles. The molecule has 0 bridgehead atoms. The van der Waals surface area contributed by atoms with Gasteiger partial charge in [0.25, 0.3) is 0 Å². The quantitative estimate of drug-likeness (QED) is 0.583. The molecule has 140 valence electrons. The first-order valence-electron chi connectivity index (χ1n) is 7.63. The van der Waals surface area contributed by atoms with Crippen molar-refractivity contribution in [3.8, 4) is 17.0 Å². The van der Waals surface area contributed by atoms with Crippen molar-refractivity contribution >= 4 is 34.1 Å². The second-order valence-corrected chi connectivity index (χ2v) is 7.21. The van der Waals surface area contributed by atoms with Gasteiger partial charge in [-0.2, -0.15) is 0 Å². The molecule has 3 aromatic rings. The third-order valence-electron chi connectivity index (χ3n) is 3.46. The number of thiazole rings is 1. The molecule has 0 aliphatic heterocycles. The summed E-state index contributed by atoms with van der Waals surface area (Å²) in [6, 6.07) is 7.92. The molecule has 4 nitrogen and oxygen atoms in total. The van der Waals surface area contributed by atoms with Crippen molar-refractivity contribution in [1.29, 1.82) is 0 Å². The van der Waals surface area contributed by atoms with E-state index in [4.69, 9.17) is 4.74 Å². The number of thioether (sulfide) groups is 1. The summed E-state index contributed by atoms with van der Waals surface area (Å²) in [5.41, 5.74) is 1.08. The van der Waals surface area contributed by atoms with E-state index < -0.39 is 17.5 Å². The first-order valence-corrected chi connectivity index (χ1v) is 9.50. The molecule has 1 amide bonds. The van der Waals surface area contributed by atoms with Crippen LogP contribution in [0.1, 0.15) is 0 Å². The van der Waals surface area contributed by atoms with E-state index in [1.807, 2.05) is 0 Å². The second-order valence-electron chi connectivity index (χ2n) is 5.30. The molecule has 0 unspecified atom stereocenters. The van der Waals surface area contributed by atoms with Crippen LogP contribution in [0.2, 0.25) is 0 Å². The van der Waals surface area contributed by atoms with Crippen molar-refractivity contribution < 1.29 is 22.7 Å². The number of carbonyl (C=O) groups is 1. The van der Waals surface area contributed by atoms with Crippen LogP contribution in [0.15, 0.2) is 46.7 Å². The van der Waals surface area contributed by atoms with E-state index in [9.17, 15) is 18.0 Å². The molecule has 0 atom stereocenters. The minimum Gasteiger partial charge on any atom is -0.494 e. The fourth-order valence-corrected chi connectivity index (χ4v) is 3.62. The van der Waals surface area contributed by atoms with Crippen LogP contribution in [0, 0.1) is 17.5 Å². The number of nitrogens with one attached hydrogen (secondary N) is 1. The minimum absolute atomic E-state index is 0.0111. The number of ether oxygens (including phenoxy) is 1. The van der Waals surface area contributed by atoms with Crippen molar-refractivity contribution in [2.24, 2.45) is 0 Å². The molecule has 9 heteroatoms. The van der Waals surface area contributed by atoms with Crippen LogP contribution < -0.4 is 10.1 Å². The highest BCUT2D eigenvalue weighted by Gasteiger charge is 2.11. The fraction of sp³-hybridized carbons (Fsp3) is 0.111. The Hall–Kier alpha value is -2.52. The number of carbonyl (C=O) groups excluding carboxylic acids is 1. The Bertz CT molecular complexity index is 979. The Kier molecular flexibility index (Phi) is 6.02. The second kappa shape index (κ2) is 8.45. The largest absolute Gasteiger partial charge is 0.494 e. The van der Waals surface area contributed by atoms with Gasteiger partial charge in [0.1, 0.15) is 0 Å². The van der Waals surface area contributed by atoms with Gasteiger partial charge >= 0.3 is 0 Å². The number of rotatable bonds is 6.